The first kappa shape index (κ1) is 17.6. The Kier molecular flexibility index (Phi) is 4.85. The fourth-order valence-corrected chi connectivity index (χ4v) is 3.94. The van der Waals surface area contributed by atoms with Crippen LogP contribution in [-0.4, -0.2) is 38.4 Å². The van der Waals surface area contributed by atoms with E-state index >= 15 is 0 Å². The summed E-state index contributed by atoms with van der Waals surface area (Å²) < 4.78 is 1.78. The lowest BCUT2D eigenvalue weighted by molar-refractivity contribution is 0.770. The number of fused-ring (bicyclic) bond motifs is 1. The number of rotatable bonds is 6. The van der Waals surface area contributed by atoms with E-state index in [1.807, 2.05) is 25.1 Å². The van der Waals surface area contributed by atoms with Gasteiger partial charge in [-0.2, -0.15) is 9.61 Å². The van der Waals surface area contributed by atoms with E-state index in [1.54, 1.807) is 22.0 Å². The zero-order valence-corrected chi connectivity index (χ0v) is 16.6. The van der Waals surface area contributed by atoms with Crippen molar-refractivity contribution in [3.05, 3.63) is 52.3 Å². The molecule has 6 nitrogen and oxygen atoms in total. The number of nitrogens with zero attached hydrogens (tertiary/aromatic N) is 6. The van der Waals surface area contributed by atoms with Gasteiger partial charge >= 0.3 is 0 Å². The van der Waals surface area contributed by atoms with Crippen LogP contribution in [0.1, 0.15) is 30.3 Å². The molecule has 4 heterocycles. The first-order valence-electron chi connectivity index (χ1n) is 9.13. The Hall–Kier alpha value is -2.80. The van der Waals surface area contributed by atoms with Gasteiger partial charge in [0.05, 0.1) is 10.7 Å². The summed E-state index contributed by atoms with van der Waals surface area (Å²) in [6, 6.07) is 10.1. The fourth-order valence-electron chi connectivity index (χ4n) is 3.00. The zero-order chi connectivity index (χ0) is 18.8. The quantitative estimate of drug-likeness (QED) is 0.515. The minimum absolute atomic E-state index is 0.666. The summed E-state index contributed by atoms with van der Waals surface area (Å²) in [6.45, 7) is 5.30. The van der Waals surface area contributed by atoms with Crippen LogP contribution >= 0.6 is 11.3 Å². The molecule has 4 rings (SSSR count). The number of thiophene rings is 1. The molecular formula is C20H22N6S. The Bertz CT molecular complexity index is 1100. The second-order valence-corrected chi connectivity index (χ2v) is 7.66. The Morgan fingerprint density at radius 1 is 1.19 bits per heavy atom. The molecule has 0 aliphatic heterocycles. The fraction of sp³-hybridized carbons (Fsp3) is 0.300. The van der Waals surface area contributed by atoms with Crippen molar-refractivity contribution in [2.75, 3.05) is 18.5 Å². The lowest BCUT2D eigenvalue weighted by Gasteiger charge is -2.15. The molecular weight excluding hydrogens is 356 g/mol. The number of aryl methyl sites for hydroxylation is 1. The highest BCUT2D eigenvalue weighted by Gasteiger charge is 2.14. The molecule has 7 heteroatoms. The minimum Gasteiger partial charge on any atom is -0.367 e. The normalized spacial score (nSPS) is 12.2. The van der Waals surface area contributed by atoms with E-state index in [-0.39, 0.29) is 0 Å². The Morgan fingerprint density at radius 3 is 2.85 bits per heavy atom. The highest BCUT2D eigenvalue weighted by Crippen LogP contribution is 2.26. The molecule has 0 atom stereocenters. The van der Waals surface area contributed by atoms with Crippen molar-refractivity contribution in [1.29, 1.82) is 0 Å². The van der Waals surface area contributed by atoms with E-state index in [0.717, 1.165) is 28.8 Å². The maximum absolute atomic E-state index is 4.64. The summed E-state index contributed by atoms with van der Waals surface area (Å²) >= 11 is 1.78. The first-order valence-corrected chi connectivity index (χ1v) is 9.95. The van der Waals surface area contributed by atoms with Crippen LogP contribution in [0.5, 0.6) is 0 Å². The maximum atomic E-state index is 4.64. The van der Waals surface area contributed by atoms with E-state index in [1.165, 1.54) is 22.7 Å². The molecule has 0 saturated carbocycles. The Balaban J connectivity index is 1.71. The molecule has 138 valence electrons. The van der Waals surface area contributed by atoms with Crippen molar-refractivity contribution in [3.63, 3.8) is 0 Å². The van der Waals surface area contributed by atoms with Crippen LogP contribution in [-0.2, 0) is 0 Å². The zero-order valence-electron chi connectivity index (χ0n) is 15.8. The number of anilines is 1. The van der Waals surface area contributed by atoms with Crippen LogP contribution in [0.25, 0.3) is 23.2 Å². The summed E-state index contributed by atoms with van der Waals surface area (Å²) in [5, 5.41) is 15.6. The maximum Gasteiger partial charge on any atom is 0.203 e. The van der Waals surface area contributed by atoms with Gasteiger partial charge in [0.1, 0.15) is 5.69 Å². The van der Waals surface area contributed by atoms with Crippen LogP contribution in [0.3, 0.4) is 0 Å². The predicted octanol–water partition coefficient (Wildman–Crippen LogP) is 3.34. The highest BCUT2D eigenvalue weighted by atomic mass is 32.1. The monoisotopic (exact) mass is 378 g/mol. The third kappa shape index (κ3) is 3.42. The number of hydrogen-bond donors (Lipinski definition) is 0. The van der Waals surface area contributed by atoms with Gasteiger partial charge < -0.3 is 4.90 Å². The number of unbranched alkanes of at least 4 members (excludes halogenated alkanes) is 1. The standard InChI is InChI=1S/C20H22N6S/c1-4-5-12-25(3)18-10-9-15(27-18)13-16-14(2)24-26-19(16)22-23-20(26)17-8-6-7-11-21-17/h6-11,13H,4-5,12H2,1-3H3. The topological polar surface area (TPSA) is 59.2 Å². The molecule has 0 aliphatic rings. The van der Waals surface area contributed by atoms with E-state index in [9.17, 15) is 0 Å². The van der Waals surface area contributed by atoms with Crippen LogP contribution in [0.15, 0.2) is 36.5 Å². The van der Waals surface area contributed by atoms with E-state index in [2.05, 4.69) is 57.4 Å². The molecule has 4 aromatic rings. The summed E-state index contributed by atoms with van der Waals surface area (Å²) in [7, 11) is 2.15. The third-order valence-electron chi connectivity index (χ3n) is 4.54. The van der Waals surface area contributed by atoms with Crippen LogP contribution in [0.4, 0.5) is 5.00 Å². The second-order valence-electron chi connectivity index (χ2n) is 6.57. The van der Waals surface area contributed by atoms with Crippen LogP contribution < -0.4 is 10.1 Å². The summed E-state index contributed by atoms with van der Waals surface area (Å²) in [5.74, 6) is 0.666. The molecule has 0 N–H and O–H groups in total. The van der Waals surface area contributed by atoms with Crippen molar-refractivity contribution >= 4 is 28.1 Å². The van der Waals surface area contributed by atoms with Crippen LogP contribution in [0, 0.1) is 6.92 Å². The van der Waals surface area contributed by atoms with Gasteiger partial charge in [-0.15, -0.1) is 21.5 Å². The summed E-state index contributed by atoms with van der Waals surface area (Å²) in [5.41, 5.74) is 2.47. The average molecular weight is 379 g/mol. The smallest absolute Gasteiger partial charge is 0.203 e. The van der Waals surface area contributed by atoms with Crippen LogP contribution in [0.2, 0.25) is 0 Å². The van der Waals surface area contributed by atoms with E-state index < -0.39 is 0 Å². The van der Waals surface area contributed by atoms with Gasteiger partial charge in [0.25, 0.3) is 0 Å². The van der Waals surface area contributed by atoms with E-state index in [4.69, 9.17) is 0 Å². The number of pyridine rings is 1. The molecule has 4 aromatic heterocycles. The van der Waals surface area contributed by atoms with Gasteiger partial charge in [0.15, 0.2) is 5.65 Å². The van der Waals surface area contributed by atoms with Crippen molar-refractivity contribution in [3.8, 4) is 11.5 Å². The summed E-state index contributed by atoms with van der Waals surface area (Å²) in [4.78, 5) is 7.87. The lowest BCUT2D eigenvalue weighted by atomic mass is 10.3. The van der Waals surface area contributed by atoms with Gasteiger partial charge in [-0.1, -0.05) is 19.4 Å². The number of hydrogen-bond acceptors (Lipinski definition) is 6. The van der Waals surface area contributed by atoms with Gasteiger partial charge in [-0.3, -0.25) is 4.98 Å². The van der Waals surface area contributed by atoms with Gasteiger partial charge in [0, 0.05) is 29.9 Å². The largest absolute Gasteiger partial charge is 0.367 e. The molecule has 0 radical (unpaired) electrons. The van der Waals surface area contributed by atoms with E-state index in [0.29, 0.717) is 5.82 Å². The second kappa shape index (κ2) is 7.44. The van der Waals surface area contributed by atoms with Crippen molar-refractivity contribution in [2.45, 2.75) is 26.7 Å². The van der Waals surface area contributed by atoms with Gasteiger partial charge in [0.2, 0.25) is 5.82 Å². The first-order chi connectivity index (χ1) is 13.2. The molecule has 0 bridgehead atoms. The molecule has 0 aliphatic carbocycles. The van der Waals surface area contributed by atoms with Crippen molar-refractivity contribution in [1.82, 2.24) is 24.8 Å². The molecule has 0 unspecified atom stereocenters. The van der Waals surface area contributed by atoms with Gasteiger partial charge in [-0.05, 0) is 43.7 Å². The third-order valence-corrected chi connectivity index (χ3v) is 5.68. The molecule has 27 heavy (non-hydrogen) atoms. The average Bonchev–Trinajstić information content (AvgIpc) is 3.38. The Morgan fingerprint density at radius 2 is 2.07 bits per heavy atom. The molecule has 0 saturated heterocycles. The lowest BCUT2D eigenvalue weighted by Crippen LogP contribution is -2.16. The molecule has 0 fully saturated rings. The predicted molar refractivity (Wildman–Crippen MR) is 110 cm³/mol. The molecule has 0 amide bonds. The molecule has 0 aromatic carbocycles. The SMILES string of the molecule is CCCCN(C)c1ccc(C=c2c(C)nn3c(-c4ccccn4)nnc23)s1. The number of aromatic nitrogens is 5. The van der Waals surface area contributed by atoms with Gasteiger partial charge in [-0.25, -0.2) is 0 Å². The minimum atomic E-state index is 0.666. The highest BCUT2D eigenvalue weighted by molar-refractivity contribution is 7.16. The summed E-state index contributed by atoms with van der Waals surface area (Å²) in [6.07, 6.45) is 6.31. The Labute approximate surface area is 162 Å². The molecule has 0 spiro atoms. The van der Waals surface area contributed by atoms with Crippen molar-refractivity contribution < 1.29 is 0 Å². The van der Waals surface area contributed by atoms with Crippen molar-refractivity contribution in [2.24, 2.45) is 0 Å².